The van der Waals surface area contributed by atoms with Crippen molar-refractivity contribution in [3.63, 3.8) is 0 Å². The van der Waals surface area contributed by atoms with Crippen LogP contribution in [-0.2, 0) is 4.79 Å². The molecule has 3 unspecified atom stereocenters. The van der Waals surface area contributed by atoms with Gasteiger partial charge < -0.3 is 15.7 Å². The first-order valence-electron chi connectivity index (χ1n) is 8.29. The van der Waals surface area contributed by atoms with Crippen LogP contribution in [0.3, 0.4) is 0 Å². The van der Waals surface area contributed by atoms with Crippen LogP contribution in [0.2, 0.25) is 0 Å². The molecule has 2 amide bonds. The summed E-state index contributed by atoms with van der Waals surface area (Å²) < 4.78 is 0. The number of rotatable bonds is 8. The van der Waals surface area contributed by atoms with Gasteiger partial charge in [-0.3, -0.25) is 4.79 Å². The molecular formula is C16H30N2O3. The number of urea groups is 1. The summed E-state index contributed by atoms with van der Waals surface area (Å²) in [7, 11) is 0. The molecule has 0 aliphatic heterocycles. The third-order valence-electron chi connectivity index (χ3n) is 4.52. The Hall–Kier alpha value is -1.26. The average molecular weight is 298 g/mol. The van der Waals surface area contributed by atoms with Gasteiger partial charge in [-0.25, -0.2) is 4.79 Å². The molecule has 3 atom stereocenters. The lowest BCUT2D eigenvalue weighted by atomic mass is 9.83. The first-order valence-corrected chi connectivity index (χ1v) is 8.29. The van der Waals surface area contributed by atoms with Gasteiger partial charge in [0.2, 0.25) is 0 Å². The van der Waals surface area contributed by atoms with Crippen LogP contribution in [-0.4, -0.2) is 29.7 Å². The average Bonchev–Trinajstić information content (AvgIpc) is 2.45. The van der Waals surface area contributed by atoms with E-state index in [0.717, 1.165) is 19.3 Å². The third-order valence-corrected chi connectivity index (χ3v) is 4.52. The van der Waals surface area contributed by atoms with E-state index in [1.165, 1.54) is 19.3 Å². The predicted octanol–water partition coefficient (Wildman–Crippen LogP) is 3.15. The van der Waals surface area contributed by atoms with Crippen molar-refractivity contribution in [2.45, 2.75) is 71.3 Å². The van der Waals surface area contributed by atoms with Crippen molar-refractivity contribution in [2.75, 3.05) is 6.54 Å². The number of carbonyl (C=O) groups excluding carboxylic acids is 1. The molecule has 0 bridgehead atoms. The Kier molecular flexibility index (Phi) is 8.16. The quantitative estimate of drug-likeness (QED) is 0.644. The minimum absolute atomic E-state index is 0.0780. The number of carboxylic acids is 1. The molecule has 0 aromatic heterocycles. The molecule has 0 heterocycles. The largest absolute Gasteiger partial charge is 0.481 e. The van der Waals surface area contributed by atoms with Crippen LogP contribution in [0.4, 0.5) is 4.79 Å². The molecule has 1 aliphatic rings. The molecule has 0 aromatic carbocycles. The van der Waals surface area contributed by atoms with E-state index >= 15 is 0 Å². The minimum atomic E-state index is -0.754. The lowest BCUT2D eigenvalue weighted by molar-refractivity contribution is -0.137. The summed E-state index contributed by atoms with van der Waals surface area (Å²) in [6.45, 7) is 4.82. The van der Waals surface area contributed by atoms with Crippen LogP contribution in [0.15, 0.2) is 0 Å². The monoisotopic (exact) mass is 298 g/mol. The van der Waals surface area contributed by atoms with Gasteiger partial charge in [-0.2, -0.15) is 0 Å². The van der Waals surface area contributed by atoms with Crippen LogP contribution in [0, 0.1) is 11.8 Å². The zero-order chi connectivity index (χ0) is 15.7. The van der Waals surface area contributed by atoms with Crippen LogP contribution in [0.5, 0.6) is 0 Å². The van der Waals surface area contributed by atoms with Gasteiger partial charge in [-0.1, -0.05) is 33.1 Å². The smallest absolute Gasteiger partial charge is 0.315 e. The van der Waals surface area contributed by atoms with Gasteiger partial charge in [0.05, 0.1) is 0 Å². The lowest BCUT2D eigenvalue weighted by Gasteiger charge is -2.31. The fourth-order valence-corrected chi connectivity index (χ4v) is 3.05. The molecule has 0 saturated heterocycles. The standard InChI is InChI=1S/C16H30N2O3/c1-3-13-6-4-5-7-14(13)18-16(21)17-11-10-12(2)8-9-15(19)20/h12-14H,3-11H2,1-2H3,(H,19,20)(H2,17,18,21). The number of nitrogens with one attached hydrogen (secondary N) is 2. The van der Waals surface area contributed by atoms with Gasteiger partial charge in [0.25, 0.3) is 0 Å². The highest BCUT2D eigenvalue weighted by Gasteiger charge is 2.24. The van der Waals surface area contributed by atoms with Crippen LogP contribution in [0.1, 0.15) is 65.2 Å². The maximum atomic E-state index is 11.9. The van der Waals surface area contributed by atoms with E-state index in [4.69, 9.17) is 5.11 Å². The Morgan fingerprint density at radius 1 is 1.24 bits per heavy atom. The zero-order valence-electron chi connectivity index (χ0n) is 13.4. The van der Waals surface area contributed by atoms with Crippen molar-refractivity contribution in [3.8, 4) is 0 Å². The Labute approximate surface area is 127 Å². The van der Waals surface area contributed by atoms with Crippen LogP contribution < -0.4 is 10.6 Å². The highest BCUT2D eigenvalue weighted by Crippen LogP contribution is 2.26. The second kappa shape index (κ2) is 9.64. The molecule has 1 rings (SSSR count). The van der Waals surface area contributed by atoms with Gasteiger partial charge in [0.1, 0.15) is 0 Å². The van der Waals surface area contributed by atoms with E-state index in [-0.39, 0.29) is 12.5 Å². The van der Waals surface area contributed by atoms with E-state index in [9.17, 15) is 9.59 Å². The van der Waals surface area contributed by atoms with Gasteiger partial charge in [-0.15, -0.1) is 0 Å². The van der Waals surface area contributed by atoms with E-state index < -0.39 is 5.97 Å². The van der Waals surface area contributed by atoms with Crippen molar-refractivity contribution in [1.82, 2.24) is 10.6 Å². The number of carbonyl (C=O) groups is 2. The zero-order valence-corrected chi connectivity index (χ0v) is 13.4. The summed E-state index contributed by atoms with van der Waals surface area (Å²) >= 11 is 0. The van der Waals surface area contributed by atoms with Crippen LogP contribution in [0.25, 0.3) is 0 Å². The summed E-state index contributed by atoms with van der Waals surface area (Å²) in [5, 5.41) is 14.6. The van der Waals surface area contributed by atoms with Crippen molar-refractivity contribution in [2.24, 2.45) is 11.8 Å². The molecule has 0 spiro atoms. The van der Waals surface area contributed by atoms with Gasteiger partial charge in [0.15, 0.2) is 0 Å². The summed E-state index contributed by atoms with van der Waals surface area (Å²) in [6.07, 6.45) is 7.59. The first kappa shape index (κ1) is 17.8. The first-order chi connectivity index (χ1) is 10.0. The van der Waals surface area contributed by atoms with E-state index in [2.05, 4.69) is 17.6 Å². The molecule has 122 valence electrons. The molecular weight excluding hydrogens is 268 g/mol. The molecule has 5 heteroatoms. The van der Waals surface area contributed by atoms with Crippen molar-refractivity contribution >= 4 is 12.0 Å². The Morgan fingerprint density at radius 2 is 1.95 bits per heavy atom. The van der Waals surface area contributed by atoms with Gasteiger partial charge in [0, 0.05) is 19.0 Å². The normalized spacial score (nSPS) is 23.3. The number of hydrogen-bond acceptors (Lipinski definition) is 2. The molecule has 21 heavy (non-hydrogen) atoms. The van der Waals surface area contributed by atoms with Gasteiger partial charge in [-0.05, 0) is 37.5 Å². The molecule has 5 nitrogen and oxygen atoms in total. The number of carboxylic acid groups (broad SMARTS) is 1. The SMILES string of the molecule is CCC1CCCCC1NC(=O)NCCC(C)CCC(=O)O. The fourth-order valence-electron chi connectivity index (χ4n) is 3.05. The number of aliphatic carboxylic acids is 1. The van der Waals surface area contributed by atoms with E-state index in [1.54, 1.807) is 0 Å². The summed E-state index contributed by atoms with van der Waals surface area (Å²) in [6, 6.07) is 0.235. The molecule has 0 aromatic rings. The number of amides is 2. The van der Waals surface area contributed by atoms with Crippen molar-refractivity contribution in [3.05, 3.63) is 0 Å². The topological polar surface area (TPSA) is 78.4 Å². The van der Waals surface area contributed by atoms with Crippen molar-refractivity contribution in [1.29, 1.82) is 0 Å². The lowest BCUT2D eigenvalue weighted by Crippen LogP contribution is -2.47. The predicted molar refractivity (Wildman–Crippen MR) is 83.2 cm³/mol. The highest BCUT2D eigenvalue weighted by atomic mass is 16.4. The molecule has 0 radical (unpaired) electrons. The Bertz CT molecular complexity index is 333. The van der Waals surface area contributed by atoms with Crippen molar-refractivity contribution < 1.29 is 14.7 Å². The summed E-state index contributed by atoms with van der Waals surface area (Å²) in [5.74, 6) is 0.175. The number of hydrogen-bond donors (Lipinski definition) is 3. The summed E-state index contributed by atoms with van der Waals surface area (Å²) in [5.41, 5.74) is 0. The van der Waals surface area contributed by atoms with Crippen LogP contribution >= 0.6 is 0 Å². The Balaban J connectivity index is 2.17. The van der Waals surface area contributed by atoms with E-state index in [0.29, 0.717) is 30.8 Å². The second-order valence-corrected chi connectivity index (χ2v) is 6.29. The summed E-state index contributed by atoms with van der Waals surface area (Å²) in [4.78, 5) is 22.4. The minimum Gasteiger partial charge on any atom is -0.481 e. The maximum absolute atomic E-state index is 11.9. The molecule has 3 N–H and O–H groups in total. The van der Waals surface area contributed by atoms with E-state index in [1.807, 2.05) is 6.92 Å². The highest BCUT2D eigenvalue weighted by molar-refractivity contribution is 5.74. The molecule has 1 saturated carbocycles. The molecule has 1 aliphatic carbocycles. The van der Waals surface area contributed by atoms with Gasteiger partial charge >= 0.3 is 12.0 Å². The fraction of sp³-hybridized carbons (Fsp3) is 0.875. The maximum Gasteiger partial charge on any atom is 0.315 e. The molecule has 1 fully saturated rings. The third kappa shape index (κ3) is 7.34. The second-order valence-electron chi connectivity index (χ2n) is 6.29. The Morgan fingerprint density at radius 3 is 2.62 bits per heavy atom.